The third kappa shape index (κ3) is 3.02. The third-order valence-electron chi connectivity index (χ3n) is 3.72. The van der Waals surface area contributed by atoms with Gasteiger partial charge in [0.1, 0.15) is 5.82 Å². The van der Waals surface area contributed by atoms with Gasteiger partial charge < -0.3 is 10.5 Å². The van der Waals surface area contributed by atoms with E-state index in [4.69, 9.17) is 22.1 Å². The van der Waals surface area contributed by atoms with Crippen LogP contribution >= 0.6 is 11.6 Å². The van der Waals surface area contributed by atoms with Crippen LogP contribution in [0.15, 0.2) is 18.2 Å². The van der Waals surface area contributed by atoms with Gasteiger partial charge in [0.15, 0.2) is 0 Å². The second-order valence-corrected chi connectivity index (χ2v) is 5.58. The fourth-order valence-corrected chi connectivity index (χ4v) is 2.50. The van der Waals surface area contributed by atoms with E-state index in [0.29, 0.717) is 6.42 Å². The Kier molecular flexibility index (Phi) is 4.25. The Morgan fingerprint density at radius 1 is 1.50 bits per heavy atom. The van der Waals surface area contributed by atoms with Gasteiger partial charge in [-0.05, 0) is 50.3 Å². The predicted molar refractivity (Wildman–Crippen MR) is 71.3 cm³/mol. The van der Waals surface area contributed by atoms with Crippen molar-refractivity contribution in [3.05, 3.63) is 34.6 Å². The lowest BCUT2D eigenvalue weighted by Crippen LogP contribution is -2.50. The second kappa shape index (κ2) is 5.55. The molecular weight excluding hydrogens is 253 g/mol. The SMILES string of the molecule is CC1(C(N)Cc2ccc(Cl)c(F)c2)CCCCO1. The number of hydrogen-bond donors (Lipinski definition) is 1. The van der Waals surface area contributed by atoms with Crippen molar-refractivity contribution in [1.29, 1.82) is 0 Å². The molecule has 2 nitrogen and oxygen atoms in total. The van der Waals surface area contributed by atoms with Gasteiger partial charge in [0.05, 0.1) is 10.6 Å². The molecule has 2 unspecified atom stereocenters. The Labute approximate surface area is 112 Å². The average Bonchev–Trinajstić information content (AvgIpc) is 2.35. The van der Waals surface area contributed by atoms with E-state index in [1.165, 1.54) is 6.07 Å². The minimum absolute atomic E-state index is 0.127. The van der Waals surface area contributed by atoms with Gasteiger partial charge >= 0.3 is 0 Å². The van der Waals surface area contributed by atoms with Crippen molar-refractivity contribution in [3.8, 4) is 0 Å². The summed E-state index contributed by atoms with van der Waals surface area (Å²) in [5, 5.41) is 0.146. The van der Waals surface area contributed by atoms with Crippen LogP contribution in [0.3, 0.4) is 0 Å². The lowest BCUT2D eigenvalue weighted by Gasteiger charge is -2.38. The van der Waals surface area contributed by atoms with E-state index < -0.39 is 5.82 Å². The Balaban J connectivity index is 2.05. The molecular formula is C14H19ClFNO. The van der Waals surface area contributed by atoms with Gasteiger partial charge in [-0.15, -0.1) is 0 Å². The summed E-state index contributed by atoms with van der Waals surface area (Å²) in [6.45, 7) is 2.81. The summed E-state index contributed by atoms with van der Waals surface area (Å²) in [5.41, 5.74) is 6.79. The van der Waals surface area contributed by atoms with Gasteiger partial charge in [0.25, 0.3) is 0 Å². The number of benzene rings is 1. The van der Waals surface area contributed by atoms with Crippen LogP contribution in [-0.4, -0.2) is 18.2 Å². The van der Waals surface area contributed by atoms with Crippen molar-refractivity contribution in [2.24, 2.45) is 5.73 Å². The maximum atomic E-state index is 13.4. The molecule has 4 heteroatoms. The predicted octanol–water partition coefficient (Wildman–Crippen LogP) is 3.31. The van der Waals surface area contributed by atoms with E-state index in [-0.39, 0.29) is 16.7 Å². The second-order valence-electron chi connectivity index (χ2n) is 5.18. The minimum Gasteiger partial charge on any atom is -0.374 e. The zero-order valence-corrected chi connectivity index (χ0v) is 11.3. The van der Waals surface area contributed by atoms with Gasteiger partial charge in [-0.1, -0.05) is 17.7 Å². The van der Waals surface area contributed by atoms with Gasteiger partial charge in [0, 0.05) is 12.6 Å². The Morgan fingerprint density at radius 3 is 2.89 bits per heavy atom. The first-order chi connectivity index (χ1) is 8.51. The maximum Gasteiger partial charge on any atom is 0.142 e. The first-order valence-corrected chi connectivity index (χ1v) is 6.72. The number of hydrogen-bond acceptors (Lipinski definition) is 2. The van der Waals surface area contributed by atoms with E-state index >= 15 is 0 Å². The summed E-state index contributed by atoms with van der Waals surface area (Å²) < 4.78 is 19.2. The van der Waals surface area contributed by atoms with Gasteiger partial charge in [-0.25, -0.2) is 4.39 Å². The quantitative estimate of drug-likeness (QED) is 0.915. The molecule has 1 aliphatic rings. The van der Waals surface area contributed by atoms with Crippen LogP contribution in [0.4, 0.5) is 4.39 Å². The first kappa shape index (κ1) is 13.8. The largest absolute Gasteiger partial charge is 0.374 e. The molecule has 0 amide bonds. The highest BCUT2D eigenvalue weighted by Crippen LogP contribution is 2.29. The summed E-state index contributed by atoms with van der Waals surface area (Å²) in [6.07, 6.45) is 3.80. The highest BCUT2D eigenvalue weighted by molar-refractivity contribution is 6.30. The molecule has 0 saturated carbocycles. The lowest BCUT2D eigenvalue weighted by molar-refractivity contribution is -0.0808. The molecule has 18 heavy (non-hydrogen) atoms. The number of ether oxygens (including phenoxy) is 1. The van der Waals surface area contributed by atoms with Crippen LogP contribution in [0.25, 0.3) is 0 Å². The van der Waals surface area contributed by atoms with Crippen molar-refractivity contribution in [2.45, 2.75) is 44.2 Å². The van der Waals surface area contributed by atoms with Crippen molar-refractivity contribution >= 4 is 11.6 Å². The number of nitrogens with two attached hydrogens (primary N) is 1. The third-order valence-corrected chi connectivity index (χ3v) is 4.03. The maximum absolute atomic E-state index is 13.4. The molecule has 0 radical (unpaired) electrons. The summed E-state index contributed by atoms with van der Waals surface area (Å²) in [5.74, 6) is -0.393. The molecule has 0 aliphatic carbocycles. The number of halogens is 2. The van der Waals surface area contributed by atoms with E-state index in [1.807, 2.05) is 13.0 Å². The Morgan fingerprint density at radius 2 is 2.28 bits per heavy atom. The smallest absolute Gasteiger partial charge is 0.142 e. The van der Waals surface area contributed by atoms with Crippen molar-refractivity contribution in [3.63, 3.8) is 0 Å². The van der Waals surface area contributed by atoms with E-state index in [9.17, 15) is 4.39 Å². The summed E-state index contributed by atoms with van der Waals surface area (Å²) >= 11 is 5.66. The van der Waals surface area contributed by atoms with Crippen LogP contribution in [0.2, 0.25) is 5.02 Å². The standard InChI is InChI=1S/C14H19ClFNO/c1-14(6-2-3-7-18-14)13(17)9-10-4-5-11(15)12(16)8-10/h4-5,8,13H,2-3,6-7,9,17H2,1H3. The lowest BCUT2D eigenvalue weighted by atomic mass is 9.85. The topological polar surface area (TPSA) is 35.2 Å². The highest BCUT2D eigenvalue weighted by Gasteiger charge is 2.34. The highest BCUT2D eigenvalue weighted by atomic mass is 35.5. The van der Waals surface area contributed by atoms with Crippen LogP contribution in [0.1, 0.15) is 31.7 Å². The van der Waals surface area contributed by atoms with E-state index in [2.05, 4.69) is 0 Å². The van der Waals surface area contributed by atoms with Crippen molar-refractivity contribution in [2.75, 3.05) is 6.61 Å². The van der Waals surface area contributed by atoms with E-state index in [1.54, 1.807) is 6.07 Å². The average molecular weight is 272 g/mol. The van der Waals surface area contributed by atoms with Crippen molar-refractivity contribution in [1.82, 2.24) is 0 Å². The molecule has 2 atom stereocenters. The van der Waals surface area contributed by atoms with Gasteiger partial charge in [0.2, 0.25) is 0 Å². The molecule has 1 aromatic carbocycles. The molecule has 1 aromatic rings. The summed E-state index contributed by atoms with van der Waals surface area (Å²) in [4.78, 5) is 0. The monoisotopic (exact) mass is 271 g/mol. The molecule has 1 aliphatic heterocycles. The molecule has 1 fully saturated rings. The summed E-state index contributed by atoms with van der Waals surface area (Å²) in [6, 6.07) is 4.72. The Bertz CT molecular complexity index is 418. The molecule has 1 heterocycles. The van der Waals surface area contributed by atoms with E-state index in [0.717, 1.165) is 31.4 Å². The van der Waals surface area contributed by atoms with Crippen molar-refractivity contribution < 1.29 is 9.13 Å². The normalized spacial score (nSPS) is 26.0. The Hall–Kier alpha value is -0.640. The zero-order valence-electron chi connectivity index (χ0n) is 10.6. The molecule has 0 spiro atoms. The zero-order chi connectivity index (χ0) is 13.2. The van der Waals surface area contributed by atoms with Crippen LogP contribution in [0.5, 0.6) is 0 Å². The van der Waals surface area contributed by atoms with Crippen LogP contribution < -0.4 is 5.73 Å². The van der Waals surface area contributed by atoms with Gasteiger partial charge in [-0.3, -0.25) is 0 Å². The van der Waals surface area contributed by atoms with Crippen LogP contribution in [0, 0.1) is 5.82 Å². The number of rotatable bonds is 3. The first-order valence-electron chi connectivity index (χ1n) is 6.35. The molecule has 100 valence electrons. The summed E-state index contributed by atoms with van der Waals surface area (Å²) in [7, 11) is 0. The van der Waals surface area contributed by atoms with Crippen LogP contribution in [-0.2, 0) is 11.2 Å². The van der Waals surface area contributed by atoms with Gasteiger partial charge in [-0.2, -0.15) is 0 Å². The minimum atomic E-state index is -0.393. The fourth-order valence-electron chi connectivity index (χ4n) is 2.38. The molecule has 2 N–H and O–H groups in total. The fraction of sp³-hybridized carbons (Fsp3) is 0.571. The molecule has 0 bridgehead atoms. The molecule has 2 rings (SSSR count). The molecule has 1 saturated heterocycles. The molecule has 0 aromatic heterocycles.